The molecule has 0 fully saturated rings. The summed E-state index contributed by atoms with van der Waals surface area (Å²) >= 11 is 0. The largest absolute Gasteiger partial charge is 0.519 e. The third-order valence-electron chi connectivity index (χ3n) is 0.0589. The number of carbonyl (C=O) groups excluding carboxylic acids is 1. The first-order chi connectivity index (χ1) is 1.91. The normalized spacial score (nSPS) is 4.20. The summed E-state index contributed by atoms with van der Waals surface area (Å²) in [7, 11) is 0. The van der Waals surface area contributed by atoms with Crippen LogP contribution in [0.1, 0.15) is 0 Å². The molecule has 0 aliphatic heterocycles. The van der Waals surface area contributed by atoms with Crippen LogP contribution in [0.3, 0.4) is 0 Å². The van der Waals surface area contributed by atoms with E-state index in [1.54, 1.807) is 5.43 Å². The summed E-state index contributed by atoms with van der Waals surface area (Å²) in [5, 5.41) is 0. The fraction of sp³-hybridized carbons (Fsp3) is 0. The zero-order chi connectivity index (χ0) is 3.41. The zero-order valence-corrected chi connectivity index (χ0v) is 5.08. The molecule has 0 aromatic heterocycles. The Balaban J connectivity index is 0. The zero-order valence-electron chi connectivity index (χ0n) is 2.36. The molecule has 0 unspecified atom stereocenters. The van der Waals surface area contributed by atoms with E-state index in [-0.39, 0.29) is 20.4 Å². The molecular formula is CH3N2ORe-. The molecule has 0 aliphatic rings. The summed E-state index contributed by atoms with van der Waals surface area (Å²) in [6, 6.07) is 0. The van der Waals surface area contributed by atoms with Gasteiger partial charge in [-0.05, 0) is 0 Å². The molecule has 0 rings (SSSR count). The minimum Gasteiger partial charge on any atom is -0.519 e. The van der Waals surface area contributed by atoms with Crippen molar-refractivity contribution >= 4 is 6.41 Å². The van der Waals surface area contributed by atoms with Gasteiger partial charge in [-0.25, -0.2) is 0 Å². The maximum Gasteiger partial charge on any atom is 0 e. The Bertz CT molecular complexity index is 23.6. The van der Waals surface area contributed by atoms with Gasteiger partial charge in [-0.1, -0.05) is 0 Å². The second-order valence-corrected chi connectivity index (χ2v) is 0.246. The van der Waals surface area contributed by atoms with Crippen molar-refractivity contribution in [1.82, 2.24) is 5.43 Å². The average molecular weight is 245 g/mol. The van der Waals surface area contributed by atoms with Crippen LogP contribution in [0.25, 0.3) is 0 Å². The van der Waals surface area contributed by atoms with E-state index in [1.165, 1.54) is 6.41 Å². The average Bonchev–Trinajstić information content (AvgIpc) is 1.37. The van der Waals surface area contributed by atoms with Gasteiger partial charge in [0.15, 0.2) is 0 Å². The standard InChI is InChI=1S/CH3N2O.Re/c2-3-1-4;/h2H2,(H,3,4);/q-1;. The third kappa shape index (κ3) is 15.0. The molecule has 3 nitrogen and oxygen atoms in total. The van der Waals surface area contributed by atoms with Crippen molar-refractivity contribution in [3.63, 3.8) is 0 Å². The van der Waals surface area contributed by atoms with Crippen molar-refractivity contribution in [2.24, 2.45) is 5.84 Å². The second kappa shape index (κ2) is 8.94. The van der Waals surface area contributed by atoms with Crippen LogP contribution < -0.4 is 11.3 Å². The molecule has 0 atom stereocenters. The predicted octanol–water partition coefficient (Wildman–Crippen LogP) is -1.49. The molecule has 1 amide bonds. The van der Waals surface area contributed by atoms with Crippen LogP contribution >= 0.6 is 0 Å². The van der Waals surface area contributed by atoms with Gasteiger partial charge in [-0.2, -0.15) is 6.41 Å². The molecule has 5 heavy (non-hydrogen) atoms. The molecule has 0 heterocycles. The minimum atomic E-state index is 0. The Kier molecular flexibility index (Phi) is 15.9. The Morgan fingerprint density at radius 3 is 2.00 bits per heavy atom. The molecule has 1 radical (unpaired) electrons. The topological polar surface area (TPSA) is 55.1 Å². The van der Waals surface area contributed by atoms with E-state index >= 15 is 0 Å². The van der Waals surface area contributed by atoms with Gasteiger partial charge in [0.2, 0.25) is 0 Å². The van der Waals surface area contributed by atoms with Gasteiger partial charge in [0.25, 0.3) is 0 Å². The molecule has 0 aromatic rings. The van der Waals surface area contributed by atoms with Gasteiger partial charge >= 0.3 is 0 Å². The molecule has 0 saturated carbocycles. The molecular weight excluding hydrogens is 242 g/mol. The minimum absolute atomic E-state index is 0. The van der Waals surface area contributed by atoms with E-state index in [9.17, 15) is 0 Å². The molecule has 0 bridgehead atoms. The number of nitrogens with two attached hydrogens (primary N) is 1. The van der Waals surface area contributed by atoms with Crippen LogP contribution in [0.5, 0.6) is 0 Å². The maximum absolute atomic E-state index is 8.81. The van der Waals surface area contributed by atoms with Crippen molar-refractivity contribution in [3.8, 4) is 0 Å². The third-order valence-corrected chi connectivity index (χ3v) is 0.0589. The van der Waals surface area contributed by atoms with E-state index in [0.29, 0.717) is 0 Å². The van der Waals surface area contributed by atoms with Crippen LogP contribution in [0, 0.1) is 0 Å². The first-order valence-electron chi connectivity index (χ1n) is 0.743. The van der Waals surface area contributed by atoms with Gasteiger partial charge in [-0.15, -0.1) is 0 Å². The molecule has 3 N–H and O–H groups in total. The summed E-state index contributed by atoms with van der Waals surface area (Å²) < 4.78 is 0. The Labute approximate surface area is 43.5 Å². The van der Waals surface area contributed by atoms with Gasteiger partial charge in [0.1, 0.15) is 0 Å². The Morgan fingerprint density at radius 2 is 2.00 bits per heavy atom. The van der Waals surface area contributed by atoms with Crippen LogP contribution in [-0.4, -0.2) is 6.41 Å². The van der Waals surface area contributed by atoms with Crippen molar-refractivity contribution in [2.75, 3.05) is 0 Å². The second-order valence-electron chi connectivity index (χ2n) is 0.246. The van der Waals surface area contributed by atoms with Crippen molar-refractivity contribution < 1.29 is 25.2 Å². The van der Waals surface area contributed by atoms with E-state index in [1.807, 2.05) is 0 Å². The van der Waals surface area contributed by atoms with Gasteiger partial charge in [0.05, 0.1) is 0 Å². The fourth-order valence-electron chi connectivity index (χ4n) is 0. The summed E-state index contributed by atoms with van der Waals surface area (Å²) in [5.41, 5.74) is 1.62. The maximum atomic E-state index is 8.81. The van der Waals surface area contributed by atoms with Crippen LogP contribution in [0.2, 0.25) is 0 Å². The fourth-order valence-corrected chi connectivity index (χ4v) is 0. The number of amides is 1. The van der Waals surface area contributed by atoms with E-state index in [2.05, 4.69) is 5.84 Å². The van der Waals surface area contributed by atoms with Crippen LogP contribution in [0.4, 0.5) is 0 Å². The molecule has 0 aromatic carbocycles. The van der Waals surface area contributed by atoms with E-state index in [4.69, 9.17) is 4.79 Å². The number of rotatable bonds is 1. The molecule has 0 spiro atoms. The van der Waals surface area contributed by atoms with Gasteiger partial charge < -0.3 is 10.2 Å². The van der Waals surface area contributed by atoms with Gasteiger partial charge in [0, 0.05) is 20.4 Å². The first kappa shape index (κ1) is 8.92. The van der Waals surface area contributed by atoms with Crippen molar-refractivity contribution in [3.05, 3.63) is 0 Å². The van der Waals surface area contributed by atoms with Crippen molar-refractivity contribution in [2.45, 2.75) is 0 Å². The van der Waals surface area contributed by atoms with E-state index < -0.39 is 0 Å². The SMILES string of the molecule is NN[C-]=O.[Re]. The summed E-state index contributed by atoms with van der Waals surface area (Å²) in [4.78, 5) is 8.81. The summed E-state index contributed by atoms with van der Waals surface area (Å²) in [6.45, 7) is 0. The predicted molar refractivity (Wildman–Crippen MR) is 13.0 cm³/mol. The number of hydrazine groups is 1. The number of nitrogens with one attached hydrogen (secondary N) is 1. The monoisotopic (exact) mass is 246 g/mol. The van der Waals surface area contributed by atoms with Gasteiger partial charge in [-0.3, -0.25) is 5.84 Å². The summed E-state index contributed by atoms with van der Waals surface area (Å²) in [5.74, 6) is 4.35. The molecule has 31 valence electrons. The Hall–Kier alpha value is 0.0923. The van der Waals surface area contributed by atoms with Crippen LogP contribution in [-0.2, 0) is 25.2 Å². The number of hydrogen-bond acceptors (Lipinski definition) is 2. The summed E-state index contributed by atoms with van der Waals surface area (Å²) in [6.07, 6.45) is 1.21. The van der Waals surface area contributed by atoms with Crippen molar-refractivity contribution in [1.29, 1.82) is 0 Å². The molecule has 0 aliphatic carbocycles. The quantitative estimate of drug-likeness (QED) is 0.194. The van der Waals surface area contributed by atoms with E-state index in [0.717, 1.165) is 0 Å². The van der Waals surface area contributed by atoms with Crippen LogP contribution in [0.15, 0.2) is 0 Å². The molecule has 4 heteroatoms. The first-order valence-corrected chi connectivity index (χ1v) is 0.743. The number of hydrogen-bond donors (Lipinski definition) is 2. The smallest absolute Gasteiger partial charge is 0 e. The Morgan fingerprint density at radius 1 is 1.80 bits per heavy atom. The molecule has 0 saturated heterocycles.